The molecule has 26 heavy (non-hydrogen) atoms. The molecule has 0 aromatic heterocycles. The van der Waals surface area contributed by atoms with Gasteiger partial charge in [-0.1, -0.05) is 50.2 Å². The van der Waals surface area contributed by atoms with Gasteiger partial charge in [-0.25, -0.2) is 0 Å². The molecule has 2 aromatic rings. The molecule has 0 atom stereocenters. The van der Waals surface area contributed by atoms with Crippen LogP contribution in [-0.2, 0) is 0 Å². The first kappa shape index (κ1) is 19.6. The molecule has 2 aromatic carbocycles. The molecule has 0 heterocycles. The van der Waals surface area contributed by atoms with Crippen LogP contribution in [0.1, 0.15) is 25.0 Å². The molecular formula is C22H26N2O2. The molecule has 0 amide bonds. The number of ether oxygens (including phenoxy) is 2. The van der Waals surface area contributed by atoms with Gasteiger partial charge in [0.05, 0.1) is 18.8 Å². The highest BCUT2D eigenvalue weighted by atomic mass is 16.5. The van der Waals surface area contributed by atoms with Gasteiger partial charge >= 0.3 is 0 Å². The molecule has 4 nitrogen and oxygen atoms in total. The number of benzene rings is 2. The topological polar surface area (TPSA) is 45.5 Å². The third-order valence-electron chi connectivity index (χ3n) is 4.26. The molecule has 0 aliphatic carbocycles. The Morgan fingerprint density at radius 3 is 2.42 bits per heavy atom. The summed E-state index contributed by atoms with van der Waals surface area (Å²) >= 11 is 0. The molecule has 0 N–H and O–H groups in total. The summed E-state index contributed by atoms with van der Waals surface area (Å²) in [5, 5.41) is 9.46. The first-order valence-electron chi connectivity index (χ1n) is 8.92. The molecule has 0 saturated carbocycles. The molecule has 0 fully saturated rings. The lowest BCUT2D eigenvalue weighted by molar-refractivity contribution is 0.217. The van der Waals surface area contributed by atoms with E-state index < -0.39 is 0 Å². The quantitative estimate of drug-likeness (QED) is 0.494. The Kier molecular flexibility index (Phi) is 7.73. The fraction of sp³-hybridized carbons (Fsp3) is 0.318. The Hall–Kier alpha value is -2.77. The number of hydrogen-bond acceptors (Lipinski definition) is 4. The Morgan fingerprint density at radius 1 is 1.08 bits per heavy atom. The predicted molar refractivity (Wildman–Crippen MR) is 106 cm³/mol. The standard InChI is InChI=1S/C22H26N2O2/c1-4-24(5-2)13-14-26-21-12-11-18(16-22(21)25-3)15-20(17-23)19-9-7-6-8-10-19/h6-12,15-16H,4-5,13-14H2,1-3H3. The summed E-state index contributed by atoms with van der Waals surface area (Å²) in [5.41, 5.74) is 2.41. The van der Waals surface area contributed by atoms with Gasteiger partial charge in [0.2, 0.25) is 0 Å². The number of hydrogen-bond donors (Lipinski definition) is 0. The van der Waals surface area contributed by atoms with Crippen LogP contribution in [0.2, 0.25) is 0 Å². The van der Waals surface area contributed by atoms with Crippen LogP contribution in [-0.4, -0.2) is 38.3 Å². The Morgan fingerprint density at radius 2 is 1.81 bits per heavy atom. The first-order chi connectivity index (χ1) is 12.7. The summed E-state index contributed by atoms with van der Waals surface area (Å²) < 4.78 is 11.3. The molecule has 0 unspecified atom stereocenters. The lowest BCUT2D eigenvalue weighted by Gasteiger charge is -2.18. The van der Waals surface area contributed by atoms with Crippen molar-refractivity contribution in [1.82, 2.24) is 4.90 Å². The Bertz CT molecular complexity index is 759. The van der Waals surface area contributed by atoms with E-state index in [2.05, 4.69) is 24.8 Å². The monoisotopic (exact) mass is 350 g/mol. The van der Waals surface area contributed by atoms with Gasteiger partial charge in [0, 0.05) is 6.54 Å². The van der Waals surface area contributed by atoms with E-state index >= 15 is 0 Å². The maximum absolute atomic E-state index is 9.46. The van der Waals surface area contributed by atoms with Gasteiger partial charge in [0.15, 0.2) is 11.5 Å². The Labute approximate surface area is 156 Å². The van der Waals surface area contributed by atoms with Crippen molar-refractivity contribution in [3.8, 4) is 17.6 Å². The van der Waals surface area contributed by atoms with Crippen molar-refractivity contribution in [3.05, 3.63) is 59.7 Å². The fourth-order valence-corrected chi connectivity index (χ4v) is 2.68. The van der Waals surface area contributed by atoms with Crippen LogP contribution < -0.4 is 9.47 Å². The zero-order chi connectivity index (χ0) is 18.8. The number of nitriles is 1. The Balaban J connectivity index is 2.15. The van der Waals surface area contributed by atoms with Crippen molar-refractivity contribution >= 4 is 11.6 Å². The highest BCUT2D eigenvalue weighted by Crippen LogP contribution is 2.29. The highest BCUT2D eigenvalue weighted by Gasteiger charge is 2.07. The van der Waals surface area contributed by atoms with Crippen molar-refractivity contribution in [2.45, 2.75) is 13.8 Å². The predicted octanol–water partition coefficient (Wildman–Crippen LogP) is 4.48. The van der Waals surface area contributed by atoms with Crippen LogP contribution in [0.15, 0.2) is 48.5 Å². The number of methoxy groups -OCH3 is 1. The lowest BCUT2D eigenvalue weighted by atomic mass is 10.0. The maximum Gasteiger partial charge on any atom is 0.161 e. The van der Waals surface area contributed by atoms with E-state index in [1.807, 2.05) is 54.6 Å². The summed E-state index contributed by atoms with van der Waals surface area (Å²) in [6, 6.07) is 17.6. The van der Waals surface area contributed by atoms with E-state index in [9.17, 15) is 5.26 Å². The van der Waals surface area contributed by atoms with Crippen LogP contribution in [0.4, 0.5) is 0 Å². The van der Waals surface area contributed by atoms with E-state index in [4.69, 9.17) is 9.47 Å². The number of nitrogens with zero attached hydrogens (tertiary/aromatic N) is 2. The maximum atomic E-state index is 9.46. The molecule has 0 saturated heterocycles. The summed E-state index contributed by atoms with van der Waals surface area (Å²) in [5.74, 6) is 1.39. The zero-order valence-corrected chi connectivity index (χ0v) is 15.7. The molecule has 0 aliphatic heterocycles. The van der Waals surface area contributed by atoms with Gasteiger partial charge in [-0.3, -0.25) is 0 Å². The number of rotatable bonds is 9. The van der Waals surface area contributed by atoms with Crippen LogP contribution in [0.25, 0.3) is 11.6 Å². The lowest BCUT2D eigenvalue weighted by Crippen LogP contribution is -2.27. The van der Waals surface area contributed by atoms with E-state index in [0.717, 1.165) is 36.5 Å². The third-order valence-corrected chi connectivity index (χ3v) is 4.26. The zero-order valence-electron chi connectivity index (χ0n) is 15.7. The third kappa shape index (κ3) is 5.37. The average Bonchev–Trinajstić information content (AvgIpc) is 2.70. The molecule has 0 aliphatic rings. The van der Waals surface area contributed by atoms with Crippen LogP contribution >= 0.6 is 0 Å². The number of allylic oxidation sites excluding steroid dienone is 1. The molecule has 0 radical (unpaired) electrons. The first-order valence-corrected chi connectivity index (χ1v) is 8.92. The molecular weight excluding hydrogens is 324 g/mol. The largest absolute Gasteiger partial charge is 0.493 e. The smallest absolute Gasteiger partial charge is 0.161 e. The minimum Gasteiger partial charge on any atom is -0.493 e. The molecule has 2 rings (SSSR count). The van der Waals surface area contributed by atoms with E-state index in [1.165, 1.54) is 0 Å². The van der Waals surface area contributed by atoms with Gasteiger partial charge in [-0.2, -0.15) is 5.26 Å². The molecule has 136 valence electrons. The minimum absolute atomic E-state index is 0.612. The highest BCUT2D eigenvalue weighted by molar-refractivity contribution is 5.89. The minimum atomic E-state index is 0.612. The van der Waals surface area contributed by atoms with Crippen molar-refractivity contribution in [2.24, 2.45) is 0 Å². The van der Waals surface area contributed by atoms with Crippen molar-refractivity contribution in [1.29, 1.82) is 5.26 Å². The second kappa shape index (κ2) is 10.3. The summed E-state index contributed by atoms with van der Waals surface area (Å²) in [6.45, 7) is 7.80. The normalized spacial score (nSPS) is 11.3. The van der Waals surface area contributed by atoms with Crippen LogP contribution in [0.5, 0.6) is 11.5 Å². The summed E-state index contributed by atoms with van der Waals surface area (Å²) in [6.07, 6.45) is 1.86. The van der Waals surface area contributed by atoms with E-state index in [-0.39, 0.29) is 0 Å². The SMILES string of the molecule is CCN(CC)CCOc1ccc(C=C(C#N)c2ccccc2)cc1OC. The second-order valence-electron chi connectivity index (χ2n) is 5.82. The van der Waals surface area contributed by atoms with Crippen molar-refractivity contribution in [2.75, 3.05) is 33.4 Å². The van der Waals surface area contributed by atoms with Crippen molar-refractivity contribution < 1.29 is 9.47 Å². The van der Waals surface area contributed by atoms with Gasteiger partial charge in [-0.05, 0) is 42.4 Å². The van der Waals surface area contributed by atoms with E-state index in [1.54, 1.807) is 7.11 Å². The van der Waals surface area contributed by atoms with Crippen molar-refractivity contribution in [3.63, 3.8) is 0 Å². The van der Waals surface area contributed by atoms with Crippen LogP contribution in [0, 0.1) is 11.3 Å². The van der Waals surface area contributed by atoms with E-state index in [0.29, 0.717) is 17.9 Å². The fourth-order valence-electron chi connectivity index (χ4n) is 2.68. The van der Waals surface area contributed by atoms with Gasteiger partial charge in [0.25, 0.3) is 0 Å². The van der Waals surface area contributed by atoms with Gasteiger partial charge in [-0.15, -0.1) is 0 Å². The molecule has 0 spiro atoms. The molecule has 4 heteroatoms. The second-order valence-corrected chi connectivity index (χ2v) is 5.82. The van der Waals surface area contributed by atoms with Gasteiger partial charge in [0.1, 0.15) is 6.61 Å². The van der Waals surface area contributed by atoms with Gasteiger partial charge < -0.3 is 14.4 Å². The summed E-state index contributed by atoms with van der Waals surface area (Å²) in [7, 11) is 1.63. The average molecular weight is 350 g/mol. The number of likely N-dealkylation sites (N-methyl/N-ethyl adjacent to an activating group) is 1. The van der Waals surface area contributed by atoms with Crippen LogP contribution in [0.3, 0.4) is 0 Å². The summed E-state index contributed by atoms with van der Waals surface area (Å²) in [4.78, 5) is 2.31. The molecule has 0 bridgehead atoms.